The summed E-state index contributed by atoms with van der Waals surface area (Å²) < 4.78 is 43.9. The SMILES string of the molecule is NCCCCCO[C@H]1OC(CO)[C@H](O[C@H]2OC(CO)[C@@H](O[C@@H]3OC(CO)[C@@H](O[C@@H]4OC(C(=O)O)[C@@H](O)C(O)[C@@H]4O)C(O)C3O)[C@H](O)C2O)[C@H](O)C1O. The molecule has 15 N–H and O–H groups in total. The normalized spacial score (nSPS) is 47.3. The molecule has 23 heteroatoms. The summed E-state index contributed by atoms with van der Waals surface area (Å²) >= 11 is 0. The van der Waals surface area contributed by atoms with Gasteiger partial charge in [-0.2, -0.15) is 0 Å². The van der Waals surface area contributed by atoms with Crippen molar-refractivity contribution in [3.05, 3.63) is 0 Å². The first-order chi connectivity index (χ1) is 24.7. The molecule has 52 heavy (non-hydrogen) atoms. The lowest BCUT2D eigenvalue weighted by Crippen LogP contribution is -2.67. The molecule has 0 radical (unpaired) electrons. The average molecular weight is 766 g/mol. The number of hydrogen-bond acceptors (Lipinski definition) is 22. The number of carboxylic acid groups (broad SMARTS) is 1. The zero-order valence-electron chi connectivity index (χ0n) is 27.8. The summed E-state index contributed by atoms with van der Waals surface area (Å²) in [6, 6.07) is 0. The zero-order chi connectivity index (χ0) is 38.4. The van der Waals surface area contributed by atoms with E-state index in [1.54, 1.807) is 0 Å². The van der Waals surface area contributed by atoms with Crippen molar-refractivity contribution >= 4 is 5.97 Å². The van der Waals surface area contributed by atoms with Crippen molar-refractivity contribution < 1.29 is 109 Å². The molecule has 0 spiro atoms. The predicted molar refractivity (Wildman–Crippen MR) is 161 cm³/mol. The van der Waals surface area contributed by atoms with E-state index in [4.69, 9.17) is 43.6 Å². The molecule has 0 aromatic rings. The van der Waals surface area contributed by atoms with Crippen LogP contribution in [0.15, 0.2) is 0 Å². The minimum Gasteiger partial charge on any atom is -0.479 e. The molecule has 0 saturated carbocycles. The fraction of sp³-hybridized carbons (Fsp3) is 0.966. The fourth-order valence-corrected chi connectivity index (χ4v) is 6.28. The number of hydrogen-bond donors (Lipinski definition) is 14. The largest absolute Gasteiger partial charge is 0.479 e. The maximum Gasteiger partial charge on any atom is 0.335 e. The molecule has 0 aromatic carbocycles. The van der Waals surface area contributed by atoms with Crippen LogP contribution in [0, 0.1) is 0 Å². The highest BCUT2D eigenvalue weighted by Gasteiger charge is 2.55. The number of nitrogens with two attached hydrogens (primary N) is 1. The predicted octanol–water partition coefficient (Wildman–Crippen LogP) is -8.50. The Morgan fingerprint density at radius 3 is 1.29 bits per heavy atom. The van der Waals surface area contributed by atoms with Crippen LogP contribution in [0.3, 0.4) is 0 Å². The van der Waals surface area contributed by atoms with Crippen molar-refractivity contribution in [3.63, 3.8) is 0 Å². The molecule has 23 nitrogen and oxygen atoms in total. The van der Waals surface area contributed by atoms with E-state index in [2.05, 4.69) is 0 Å². The second-order valence-corrected chi connectivity index (χ2v) is 12.9. The van der Waals surface area contributed by atoms with Gasteiger partial charge in [0.1, 0.15) is 91.6 Å². The Morgan fingerprint density at radius 2 is 0.885 bits per heavy atom. The molecule has 4 heterocycles. The van der Waals surface area contributed by atoms with Gasteiger partial charge >= 0.3 is 5.97 Å². The number of rotatable bonds is 16. The molecule has 0 aromatic heterocycles. The Balaban J connectivity index is 1.39. The smallest absolute Gasteiger partial charge is 0.335 e. The third-order valence-electron chi connectivity index (χ3n) is 9.28. The summed E-state index contributed by atoms with van der Waals surface area (Å²) in [7, 11) is 0. The van der Waals surface area contributed by atoms with Gasteiger partial charge in [0.15, 0.2) is 31.3 Å². The molecule has 0 amide bonds. The van der Waals surface area contributed by atoms with Gasteiger partial charge in [-0.25, -0.2) is 4.79 Å². The third-order valence-corrected chi connectivity index (χ3v) is 9.28. The van der Waals surface area contributed by atoms with Crippen LogP contribution in [0.2, 0.25) is 0 Å². The first kappa shape index (κ1) is 43.4. The summed E-state index contributed by atoms with van der Waals surface area (Å²) in [4.78, 5) is 11.4. The van der Waals surface area contributed by atoms with E-state index in [1.165, 1.54) is 0 Å². The number of aliphatic hydroxyl groups excluding tert-OH is 12. The van der Waals surface area contributed by atoms with Crippen molar-refractivity contribution in [2.24, 2.45) is 5.73 Å². The lowest BCUT2D eigenvalue weighted by atomic mass is 9.95. The maximum absolute atomic E-state index is 11.4. The summed E-state index contributed by atoms with van der Waals surface area (Å²) in [5.41, 5.74) is 5.46. The van der Waals surface area contributed by atoms with E-state index in [-0.39, 0.29) is 6.61 Å². The Kier molecular flexibility index (Phi) is 16.2. The fourth-order valence-electron chi connectivity index (χ4n) is 6.28. The Bertz CT molecular complexity index is 1090. The van der Waals surface area contributed by atoms with Gasteiger partial charge < -0.3 is 110 Å². The molecule has 4 fully saturated rings. The monoisotopic (exact) mass is 765 g/mol. The van der Waals surface area contributed by atoms with E-state index in [0.717, 1.165) is 12.8 Å². The second-order valence-electron chi connectivity index (χ2n) is 12.9. The van der Waals surface area contributed by atoms with E-state index in [0.29, 0.717) is 13.0 Å². The highest BCUT2D eigenvalue weighted by molar-refractivity contribution is 5.73. The van der Waals surface area contributed by atoms with Crippen LogP contribution in [0.1, 0.15) is 19.3 Å². The zero-order valence-corrected chi connectivity index (χ0v) is 27.8. The van der Waals surface area contributed by atoms with Crippen molar-refractivity contribution in [1.82, 2.24) is 0 Å². The van der Waals surface area contributed by atoms with E-state index in [9.17, 15) is 71.2 Å². The van der Waals surface area contributed by atoms with Crippen molar-refractivity contribution in [2.75, 3.05) is 33.0 Å². The minimum absolute atomic E-state index is 0.151. The van der Waals surface area contributed by atoms with Crippen LogP contribution in [0.4, 0.5) is 0 Å². The third kappa shape index (κ3) is 9.52. The summed E-state index contributed by atoms with van der Waals surface area (Å²) in [6.07, 6.45) is -34.4. The van der Waals surface area contributed by atoms with Gasteiger partial charge in [-0.15, -0.1) is 0 Å². The molecule has 0 aliphatic carbocycles. The minimum atomic E-state index is -2.09. The molecule has 4 aliphatic rings. The molecular formula is C29H51NO22. The van der Waals surface area contributed by atoms with E-state index < -0.39 is 149 Å². The van der Waals surface area contributed by atoms with Crippen LogP contribution in [-0.4, -0.2) is 228 Å². The van der Waals surface area contributed by atoms with Gasteiger partial charge in [0, 0.05) is 6.61 Å². The molecule has 9 unspecified atom stereocenters. The van der Waals surface area contributed by atoms with Gasteiger partial charge in [-0.3, -0.25) is 0 Å². The molecule has 304 valence electrons. The second kappa shape index (κ2) is 19.5. The number of ether oxygens (including phenoxy) is 8. The summed E-state index contributed by atoms with van der Waals surface area (Å²) in [5.74, 6) is -1.72. The number of carbonyl (C=O) groups is 1. The highest BCUT2D eigenvalue weighted by atomic mass is 16.8. The number of unbranched alkanes of at least 4 members (excludes halogenated alkanes) is 2. The van der Waals surface area contributed by atoms with Crippen LogP contribution < -0.4 is 5.73 Å². The molecular weight excluding hydrogens is 714 g/mol. The molecule has 0 bridgehead atoms. The molecule has 20 atom stereocenters. The number of aliphatic carboxylic acids is 1. The van der Waals surface area contributed by atoms with Crippen LogP contribution in [-0.2, 0) is 42.7 Å². The van der Waals surface area contributed by atoms with Gasteiger partial charge in [0.05, 0.1) is 19.8 Å². The Morgan fingerprint density at radius 1 is 0.500 bits per heavy atom. The molecule has 4 saturated heterocycles. The van der Waals surface area contributed by atoms with Gasteiger partial charge in [-0.1, -0.05) is 0 Å². The van der Waals surface area contributed by atoms with Crippen LogP contribution in [0.5, 0.6) is 0 Å². The summed E-state index contributed by atoms with van der Waals surface area (Å²) in [6.45, 7) is -1.98. The number of carboxylic acids is 1. The Hall–Kier alpha value is -1.37. The summed E-state index contributed by atoms with van der Waals surface area (Å²) in [5, 5.41) is 135. The topological polar surface area (TPSA) is 380 Å². The lowest BCUT2D eigenvalue weighted by Gasteiger charge is -2.49. The van der Waals surface area contributed by atoms with Crippen molar-refractivity contribution in [3.8, 4) is 0 Å². The molecule has 4 aliphatic heterocycles. The highest BCUT2D eigenvalue weighted by Crippen LogP contribution is 2.34. The van der Waals surface area contributed by atoms with Crippen LogP contribution >= 0.6 is 0 Å². The van der Waals surface area contributed by atoms with E-state index in [1.807, 2.05) is 0 Å². The quantitative estimate of drug-likeness (QED) is 0.0649. The van der Waals surface area contributed by atoms with E-state index >= 15 is 0 Å². The first-order valence-electron chi connectivity index (χ1n) is 16.8. The van der Waals surface area contributed by atoms with Crippen molar-refractivity contribution in [1.29, 1.82) is 0 Å². The van der Waals surface area contributed by atoms with Gasteiger partial charge in [-0.05, 0) is 25.8 Å². The maximum atomic E-state index is 11.4. The van der Waals surface area contributed by atoms with Gasteiger partial charge in [0.2, 0.25) is 0 Å². The van der Waals surface area contributed by atoms with Crippen LogP contribution in [0.25, 0.3) is 0 Å². The van der Waals surface area contributed by atoms with Gasteiger partial charge in [0.25, 0.3) is 0 Å². The molecule has 4 rings (SSSR count). The lowest BCUT2D eigenvalue weighted by molar-refractivity contribution is -0.387. The Labute approximate surface area is 296 Å². The van der Waals surface area contributed by atoms with Crippen molar-refractivity contribution in [2.45, 2.75) is 142 Å². The average Bonchev–Trinajstić information content (AvgIpc) is 3.13. The standard InChI is InChI=1S/C29H51NO22/c30-4-2-1-3-5-45-26-18(40)14(36)21(9(6-31)46-26)49-27-19(41)15(37)22(10(7-32)47-27)50-28-20(42)16(38)23(11(8-33)48-28)51-29-17(39)12(34)13(35)24(52-29)25(43)44/h9-24,26-29,31-42H,1-8,30H2,(H,43,44)/t9?,10?,11?,12?,13-,14+,15+,16?,17-,18?,19?,20?,21-,22+,23+,24?,26-,27+,28-,29+/m0/s1. The first-order valence-corrected chi connectivity index (χ1v) is 16.8. The number of aliphatic hydroxyl groups is 12.